The zero-order valence-corrected chi connectivity index (χ0v) is 14.0. The van der Waals surface area contributed by atoms with Gasteiger partial charge in [0.1, 0.15) is 5.75 Å². The molecule has 0 unspecified atom stereocenters. The van der Waals surface area contributed by atoms with E-state index in [2.05, 4.69) is 5.32 Å². The minimum Gasteiger partial charge on any atom is -0.482 e. The predicted molar refractivity (Wildman–Crippen MR) is 90.0 cm³/mol. The van der Waals surface area contributed by atoms with Crippen LogP contribution in [0.1, 0.15) is 18.5 Å². The number of amides is 1. The Kier molecular flexibility index (Phi) is 5.95. The Hall–Kier alpha value is -1.42. The smallest absolute Gasteiger partial charge is 0.258 e. The summed E-state index contributed by atoms with van der Waals surface area (Å²) in [5.74, 6) is 0.204. The van der Waals surface area contributed by atoms with Gasteiger partial charge in [0.25, 0.3) is 5.91 Å². The number of benzene rings is 2. The maximum absolute atomic E-state index is 11.9. The van der Waals surface area contributed by atoms with Crippen molar-refractivity contribution in [3.63, 3.8) is 0 Å². The second-order valence-electron chi connectivity index (χ2n) is 4.67. The van der Waals surface area contributed by atoms with Crippen LogP contribution in [0.5, 0.6) is 5.75 Å². The number of hydrogen-bond donors (Lipinski definition) is 1. The molecule has 2 rings (SSSR count). The van der Waals surface area contributed by atoms with E-state index in [1.165, 1.54) is 0 Å². The van der Waals surface area contributed by atoms with E-state index in [0.717, 1.165) is 5.56 Å². The van der Waals surface area contributed by atoms with Gasteiger partial charge in [-0.1, -0.05) is 53.0 Å². The Morgan fingerprint density at radius 1 is 1.14 bits per heavy atom. The molecular weight excluding hydrogens is 345 g/mol. The second kappa shape index (κ2) is 7.73. The highest BCUT2D eigenvalue weighted by Crippen LogP contribution is 2.26. The summed E-state index contributed by atoms with van der Waals surface area (Å²) in [5, 5.41) is 4.33. The van der Waals surface area contributed by atoms with E-state index in [9.17, 15) is 4.79 Å². The summed E-state index contributed by atoms with van der Waals surface area (Å²) in [6, 6.07) is 11.9. The molecule has 1 atom stereocenters. The Bertz CT molecular complexity index is 676. The fraction of sp³-hybridized carbons (Fsp3) is 0.188. The van der Waals surface area contributed by atoms with Crippen molar-refractivity contribution >= 4 is 40.7 Å². The lowest BCUT2D eigenvalue weighted by molar-refractivity contribution is -0.123. The van der Waals surface area contributed by atoms with Crippen LogP contribution >= 0.6 is 34.8 Å². The van der Waals surface area contributed by atoms with Gasteiger partial charge >= 0.3 is 0 Å². The largest absolute Gasteiger partial charge is 0.482 e. The molecule has 0 heterocycles. The van der Waals surface area contributed by atoms with E-state index in [4.69, 9.17) is 39.5 Å². The number of carbonyl (C=O) groups is 1. The summed E-state index contributed by atoms with van der Waals surface area (Å²) in [7, 11) is 0. The maximum atomic E-state index is 11.9. The van der Waals surface area contributed by atoms with Gasteiger partial charge in [-0.05, 0) is 36.8 Å². The van der Waals surface area contributed by atoms with Crippen LogP contribution < -0.4 is 10.1 Å². The predicted octanol–water partition coefficient (Wildman–Crippen LogP) is 4.90. The van der Waals surface area contributed by atoms with Gasteiger partial charge in [0, 0.05) is 10.0 Å². The van der Waals surface area contributed by atoms with E-state index >= 15 is 0 Å². The summed E-state index contributed by atoms with van der Waals surface area (Å²) in [6.45, 7) is 1.71. The van der Waals surface area contributed by atoms with Gasteiger partial charge in [0.15, 0.2) is 6.61 Å². The molecule has 1 N–H and O–H groups in total. The first kappa shape index (κ1) is 16.9. The lowest BCUT2D eigenvalue weighted by Gasteiger charge is -2.16. The highest BCUT2D eigenvalue weighted by atomic mass is 35.5. The van der Waals surface area contributed by atoms with E-state index < -0.39 is 0 Å². The van der Waals surface area contributed by atoms with Crippen molar-refractivity contribution in [1.29, 1.82) is 0 Å². The molecule has 116 valence electrons. The summed E-state index contributed by atoms with van der Waals surface area (Å²) in [6.07, 6.45) is 0. The van der Waals surface area contributed by atoms with Crippen LogP contribution in [-0.4, -0.2) is 12.5 Å². The van der Waals surface area contributed by atoms with Crippen LogP contribution in [0.15, 0.2) is 42.5 Å². The molecule has 0 radical (unpaired) electrons. The van der Waals surface area contributed by atoms with Crippen molar-refractivity contribution in [3.05, 3.63) is 63.1 Å². The molecule has 0 aliphatic carbocycles. The van der Waals surface area contributed by atoms with Crippen LogP contribution in [-0.2, 0) is 4.79 Å². The maximum Gasteiger partial charge on any atom is 0.258 e. The van der Waals surface area contributed by atoms with Crippen LogP contribution in [0, 0.1) is 0 Å². The minimum atomic E-state index is -0.265. The molecule has 0 saturated heterocycles. The van der Waals surface area contributed by atoms with Crippen LogP contribution in [0.4, 0.5) is 0 Å². The molecule has 0 saturated carbocycles. The standard InChI is InChI=1S/C16H14Cl3NO2/c1-10(12-7-6-11(17)8-14(12)19)20-16(21)9-22-15-5-3-2-4-13(15)18/h2-8,10H,9H2,1H3,(H,20,21)/t10-/m0/s1. The third kappa shape index (κ3) is 4.54. The average Bonchev–Trinajstić information content (AvgIpc) is 2.46. The average molecular weight is 359 g/mol. The minimum absolute atomic E-state index is 0.126. The summed E-state index contributed by atoms with van der Waals surface area (Å²) < 4.78 is 5.39. The lowest BCUT2D eigenvalue weighted by atomic mass is 10.1. The number of halogens is 3. The van der Waals surface area contributed by atoms with Crippen LogP contribution in [0.3, 0.4) is 0 Å². The number of hydrogen-bond acceptors (Lipinski definition) is 2. The normalized spacial score (nSPS) is 11.8. The molecule has 22 heavy (non-hydrogen) atoms. The number of para-hydroxylation sites is 1. The van der Waals surface area contributed by atoms with E-state index in [-0.39, 0.29) is 18.6 Å². The molecule has 2 aromatic rings. The van der Waals surface area contributed by atoms with E-state index in [1.54, 1.807) is 42.5 Å². The van der Waals surface area contributed by atoms with E-state index in [1.807, 2.05) is 6.92 Å². The molecule has 0 spiro atoms. The molecule has 0 bridgehead atoms. The van der Waals surface area contributed by atoms with Crippen LogP contribution in [0.2, 0.25) is 15.1 Å². The van der Waals surface area contributed by atoms with Crippen molar-refractivity contribution in [2.24, 2.45) is 0 Å². The van der Waals surface area contributed by atoms with Crippen molar-refractivity contribution < 1.29 is 9.53 Å². The SMILES string of the molecule is C[C@H](NC(=O)COc1ccccc1Cl)c1ccc(Cl)cc1Cl. The Labute approximate surface area is 144 Å². The molecule has 0 aliphatic rings. The van der Waals surface area contributed by atoms with Gasteiger partial charge in [-0.2, -0.15) is 0 Å². The first-order chi connectivity index (χ1) is 10.5. The lowest BCUT2D eigenvalue weighted by Crippen LogP contribution is -2.31. The quantitative estimate of drug-likeness (QED) is 0.825. The van der Waals surface area contributed by atoms with Gasteiger partial charge in [0.05, 0.1) is 11.1 Å². The molecular formula is C16H14Cl3NO2. The number of nitrogens with one attached hydrogen (secondary N) is 1. The molecule has 6 heteroatoms. The van der Waals surface area contributed by atoms with Gasteiger partial charge in [0.2, 0.25) is 0 Å². The first-order valence-corrected chi connectivity index (χ1v) is 7.72. The van der Waals surface area contributed by atoms with Gasteiger partial charge in [-0.25, -0.2) is 0 Å². The number of carbonyl (C=O) groups excluding carboxylic acids is 1. The summed E-state index contributed by atoms with van der Waals surface area (Å²) in [5.41, 5.74) is 0.789. The van der Waals surface area contributed by atoms with Gasteiger partial charge < -0.3 is 10.1 Å². The number of rotatable bonds is 5. The zero-order chi connectivity index (χ0) is 16.1. The fourth-order valence-corrected chi connectivity index (χ4v) is 2.68. The highest BCUT2D eigenvalue weighted by molar-refractivity contribution is 6.35. The Balaban J connectivity index is 1.93. The fourth-order valence-electron chi connectivity index (χ4n) is 1.92. The van der Waals surface area contributed by atoms with Crippen molar-refractivity contribution in [2.75, 3.05) is 6.61 Å². The molecule has 0 aliphatic heterocycles. The van der Waals surface area contributed by atoms with Crippen molar-refractivity contribution in [3.8, 4) is 5.75 Å². The van der Waals surface area contributed by atoms with Crippen molar-refractivity contribution in [2.45, 2.75) is 13.0 Å². The second-order valence-corrected chi connectivity index (χ2v) is 5.92. The Morgan fingerprint density at radius 2 is 1.86 bits per heavy atom. The van der Waals surface area contributed by atoms with Gasteiger partial charge in [-0.3, -0.25) is 4.79 Å². The molecule has 1 amide bonds. The topological polar surface area (TPSA) is 38.3 Å². The van der Waals surface area contributed by atoms with Crippen molar-refractivity contribution in [1.82, 2.24) is 5.32 Å². The Morgan fingerprint density at radius 3 is 2.55 bits per heavy atom. The third-order valence-electron chi connectivity index (χ3n) is 3.00. The number of ether oxygens (including phenoxy) is 1. The summed E-state index contributed by atoms with van der Waals surface area (Å²) in [4.78, 5) is 11.9. The van der Waals surface area contributed by atoms with E-state index in [0.29, 0.717) is 20.8 Å². The first-order valence-electron chi connectivity index (χ1n) is 6.59. The zero-order valence-electron chi connectivity index (χ0n) is 11.8. The third-order valence-corrected chi connectivity index (χ3v) is 3.88. The molecule has 2 aromatic carbocycles. The molecule has 0 aromatic heterocycles. The molecule has 3 nitrogen and oxygen atoms in total. The molecule has 0 fully saturated rings. The van der Waals surface area contributed by atoms with Gasteiger partial charge in [-0.15, -0.1) is 0 Å². The monoisotopic (exact) mass is 357 g/mol. The van der Waals surface area contributed by atoms with Crippen LogP contribution in [0.25, 0.3) is 0 Å². The highest BCUT2D eigenvalue weighted by Gasteiger charge is 2.13. The summed E-state index contributed by atoms with van der Waals surface area (Å²) >= 11 is 17.9.